The van der Waals surface area contributed by atoms with Crippen LogP contribution in [-0.2, 0) is 14.8 Å². The number of anilines is 1. The second-order valence-electron chi connectivity index (χ2n) is 6.20. The number of carbonyl (C=O) groups is 1. The number of nitrogens with one attached hydrogen (secondary N) is 1. The van der Waals surface area contributed by atoms with E-state index >= 15 is 0 Å². The highest BCUT2D eigenvalue weighted by Crippen LogP contribution is 2.26. The first-order valence-corrected chi connectivity index (χ1v) is 10.9. The van der Waals surface area contributed by atoms with Crippen LogP contribution in [0.2, 0.25) is 0 Å². The van der Waals surface area contributed by atoms with Crippen molar-refractivity contribution in [2.45, 2.75) is 12.8 Å². The minimum Gasteiger partial charge on any atom is -0.316 e. The number of amides is 1. The number of benzene rings is 1. The predicted octanol–water partition coefficient (Wildman–Crippen LogP) is 3.27. The fourth-order valence-corrected chi connectivity index (χ4v) is 4.86. The van der Waals surface area contributed by atoms with E-state index in [1.807, 2.05) is 36.4 Å². The van der Waals surface area contributed by atoms with Crippen LogP contribution in [0.5, 0.6) is 0 Å². The predicted molar refractivity (Wildman–Crippen MR) is 106 cm³/mol. The van der Waals surface area contributed by atoms with E-state index in [2.05, 4.69) is 5.32 Å². The number of piperidine rings is 1. The largest absolute Gasteiger partial charge is 0.316 e. The van der Waals surface area contributed by atoms with E-state index in [1.54, 1.807) is 17.5 Å². The highest BCUT2D eigenvalue weighted by molar-refractivity contribution is 7.92. The summed E-state index contributed by atoms with van der Waals surface area (Å²) in [6.45, 7) is 0.601. The lowest BCUT2D eigenvalue weighted by atomic mass is 9.97. The quantitative estimate of drug-likeness (QED) is 0.832. The van der Waals surface area contributed by atoms with Crippen molar-refractivity contribution >= 4 is 38.3 Å². The summed E-state index contributed by atoms with van der Waals surface area (Å²) in [7, 11) is -3.51. The van der Waals surface area contributed by atoms with E-state index in [0.717, 1.165) is 5.56 Å². The molecule has 3 rings (SSSR count). The Labute approximate surface area is 162 Å². The summed E-state index contributed by atoms with van der Waals surface area (Å²) in [5.74, 6) is -0.422. The Balaban J connectivity index is 1.57. The molecule has 0 aliphatic carbocycles. The number of hydrogen-bond donors (Lipinski definition) is 1. The number of sulfonamides is 1. The van der Waals surface area contributed by atoms with Crippen molar-refractivity contribution in [1.82, 2.24) is 4.31 Å². The summed E-state index contributed by atoms with van der Waals surface area (Å²) in [5, 5.41) is 15.3. The minimum atomic E-state index is -3.51. The van der Waals surface area contributed by atoms with Gasteiger partial charge in [-0.3, -0.25) is 4.79 Å². The van der Waals surface area contributed by atoms with Gasteiger partial charge in [0.1, 0.15) is 11.1 Å². The van der Waals surface area contributed by atoms with Gasteiger partial charge in [-0.05, 0) is 35.9 Å². The van der Waals surface area contributed by atoms with E-state index in [0.29, 0.717) is 36.5 Å². The van der Waals surface area contributed by atoms with Crippen LogP contribution in [-0.4, -0.2) is 31.7 Å². The second-order valence-corrected chi connectivity index (χ2v) is 8.93. The third-order valence-electron chi connectivity index (χ3n) is 4.44. The zero-order valence-corrected chi connectivity index (χ0v) is 16.2. The molecule has 140 valence electrons. The fraction of sp³-hybridized carbons (Fsp3) is 0.263. The van der Waals surface area contributed by atoms with Gasteiger partial charge >= 0.3 is 0 Å². The van der Waals surface area contributed by atoms with E-state index in [1.165, 1.54) is 21.1 Å². The first-order chi connectivity index (χ1) is 13.0. The normalized spacial score (nSPS) is 16.3. The third kappa shape index (κ3) is 4.83. The Hall–Kier alpha value is -2.47. The minimum absolute atomic E-state index is 0.161. The first-order valence-electron chi connectivity index (χ1n) is 8.51. The second kappa shape index (κ2) is 8.48. The number of thiophene rings is 1. The Morgan fingerprint density at radius 2 is 1.93 bits per heavy atom. The van der Waals surface area contributed by atoms with Crippen LogP contribution in [0.4, 0.5) is 5.00 Å². The molecule has 6 nitrogen and oxygen atoms in total. The van der Waals surface area contributed by atoms with Gasteiger partial charge in [0.2, 0.25) is 15.9 Å². The van der Waals surface area contributed by atoms with Crippen molar-refractivity contribution in [3.63, 3.8) is 0 Å². The fourth-order valence-electron chi connectivity index (χ4n) is 2.90. The zero-order valence-electron chi connectivity index (χ0n) is 14.5. The molecule has 1 saturated heterocycles. The van der Waals surface area contributed by atoms with Crippen LogP contribution in [0.3, 0.4) is 0 Å². The molecule has 1 amide bonds. The lowest BCUT2D eigenvalue weighted by Gasteiger charge is -2.29. The summed E-state index contributed by atoms with van der Waals surface area (Å²) in [5.41, 5.74) is 1.26. The molecule has 8 heteroatoms. The molecule has 1 aromatic heterocycles. The summed E-state index contributed by atoms with van der Waals surface area (Å²) in [6.07, 6.45) is 2.49. The molecular formula is C19H19N3O3S2. The van der Waals surface area contributed by atoms with Crippen LogP contribution < -0.4 is 5.32 Å². The summed E-state index contributed by atoms with van der Waals surface area (Å²) in [4.78, 5) is 12.4. The van der Waals surface area contributed by atoms with Crippen LogP contribution in [0.1, 0.15) is 24.0 Å². The molecule has 2 heterocycles. The molecule has 0 spiro atoms. The summed E-state index contributed by atoms with van der Waals surface area (Å²) < 4.78 is 26.4. The molecule has 0 radical (unpaired) electrons. The van der Waals surface area contributed by atoms with E-state index in [4.69, 9.17) is 5.26 Å². The monoisotopic (exact) mass is 401 g/mol. The van der Waals surface area contributed by atoms with Gasteiger partial charge in [0.15, 0.2) is 0 Å². The van der Waals surface area contributed by atoms with Crippen molar-refractivity contribution in [3.8, 4) is 6.07 Å². The number of carbonyl (C=O) groups excluding carboxylic acids is 1. The maximum atomic E-state index is 12.5. The average molecular weight is 402 g/mol. The Bertz CT molecular complexity index is 967. The molecule has 2 aromatic rings. The molecule has 0 saturated carbocycles. The van der Waals surface area contributed by atoms with E-state index in [-0.39, 0.29) is 11.8 Å². The van der Waals surface area contributed by atoms with Crippen molar-refractivity contribution < 1.29 is 13.2 Å². The topological polar surface area (TPSA) is 90.3 Å². The number of nitrogens with zero attached hydrogens (tertiary/aromatic N) is 2. The third-order valence-corrected chi connectivity index (χ3v) is 6.83. The van der Waals surface area contributed by atoms with Gasteiger partial charge in [0, 0.05) is 24.4 Å². The van der Waals surface area contributed by atoms with Gasteiger partial charge in [-0.1, -0.05) is 30.3 Å². The number of rotatable bonds is 5. The van der Waals surface area contributed by atoms with Crippen LogP contribution in [0.15, 0.2) is 47.2 Å². The number of hydrogen-bond acceptors (Lipinski definition) is 5. The van der Waals surface area contributed by atoms with Gasteiger partial charge in [0.05, 0.1) is 5.56 Å². The molecule has 1 aromatic carbocycles. The van der Waals surface area contributed by atoms with Crippen molar-refractivity contribution in [3.05, 3.63) is 58.3 Å². The van der Waals surface area contributed by atoms with Crippen molar-refractivity contribution in [2.75, 3.05) is 18.4 Å². The van der Waals surface area contributed by atoms with Gasteiger partial charge in [-0.25, -0.2) is 8.42 Å². The lowest BCUT2D eigenvalue weighted by Crippen LogP contribution is -2.40. The first kappa shape index (κ1) is 19.3. The Morgan fingerprint density at radius 3 is 2.59 bits per heavy atom. The van der Waals surface area contributed by atoms with Crippen LogP contribution in [0, 0.1) is 17.2 Å². The summed E-state index contributed by atoms with van der Waals surface area (Å²) >= 11 is 1.31. The average Bonchev–Trinajstić information content (AvgIpc) is 3.14. The smallest absolute Gasteiger partial charge is 0.236 e. The molecule has 1 N–H and O–H groups in total. The van der Waals surface area contributed by atoms with E-state index in [9.17, 15) is 13.2 Å². The molecule has 1 fully saturated rings. The van der Waals surface area contributed by atoms with Crippen LogP contribution >= 0.6 is 11.3 Å². The maximum Gasteiger partial charge on any atom is 0.236 e. The van der Waals surface area contributed by atoms with Gasteiger partial charge < -0.3 is 5.32 Å². The Morgan fingerprint density at radius 1 is 1.22 bits per heavy atom. The molecule has 0 unspecified atom stereocenters. The molecule has 1 aliphatic rings. The summed E-state index contributed by atoms with van der Waals surface area (Å²) in [6, 6.07) is 12.9. The number of nitriles is 1. The molecule has 0 bridgehead atoms. The van der Waals surface area contributed by atoms with Crippen LogP contribution in [0.25, 0.3) is 6.08 Å². The standard InChI is InChI=1S/C19H19N3O3S2/c20-14-17-8-12-26-19(17)21-18(23)16-6-10-22(11-7-16)27(24,25)13-9-15-4-2-1-3-5-15/h1-5,8-9,12-13,16H,6-7,10-11H2,(H,21,23). The SMILES string of the molecule is N#Cc1ccsc1NC(=O)C1CCN(S(=O)(=O)C=Cc2ccccc2)CC1. The molecule has 0 atom stereocenters. The molecule has 1 aliphatic heterocycles. The Kier molecular flexibility index (Phi) is 6.06. The van der Waals surface area contributed by atoms with Gasteiger partial charge in [-0.2, -0.15) is 9.57 Å². The van der Waals surface area contributed by atoms with Crippen molar-refractivity contribution in [1.29, 1.82) is 5.26 Å². The lowest BCUT2D eigenvalue weighted by molar-refractivity contribution is -0.120. The maximum absolute atomic E-state index is 12.5. The van der Waals surface area contributed by atoms with Crippen molar-refractivity contribution in [2.24, 2.45) is 5.92 Å². The van der Waals surface area contributed by atoms with Gasteiger partial charge in [0.25, 0.3) is 0 Å². The van der Waals surface area contributed by atoms with E-state index < -0.39 is 10.0 Å². The molecule has 27 heavy (non-hydrogen) atoms. The van der Waals surface area contributed by atoms with Gasteiger partial charge in [-0.15, -0.1) is 11.3 Å². The highest BCUT2D eigenvalue weighted by Gasteiger charge is 2.30. The zero-order chi connectivity index (χ0) is 19.3. The molecular weight excluding hydrogens is 382 g/mol. The highest BCUT2D eigenvalue weighted by atomic mass is 32.2.